The van der Waals surface area contributed by atoms with Gasteiger partial charge in [0.15, 0.2) is 0 Å². The highest BCUT2D eigenvalue weighted by molar-refractivity contribution is 9.11. The number of halogens is 3. The molecule has 10 heavy (non-hydrogen) atoms. The standard InChI is InChI=1S/C7H4Br2.BrH/c8-6-2-1-4-3-5(6)7(4)9;/h1-3,7H;1H. The van der Waals surface area contributed by atoms with Crippen LogP contribution >= 0.6 is 48.8 Å². The predicted octanol–water partition coefficient (Wildman–Crippen LogP) is 3.82. The molecule has 0 radical (unpaired) electrons. The van der Waals surface area contributed by atoms with E-state index in [9.17, 15) is 0 Å². The van der Waals surface area contributed by atoms with Gasteiger partial charge in [-0.05, 0) is 17.2 Å². The molecule has 54 valence electrons. The lowest BCUT2D eigenvalue weighted by Gasteiger charge is -2.22. The second-order valence-corrected chi connectivity index (χ2v) is 3.91. The number of fused-ring (bicyclic) bond motifs is 2. The maximum atomic E-state index is 3.54. The molecule has 3 rings (SSSR count). The van der Waals surface area contributed by atoms with Crippen molar-refractivity contribution in [3.63, 3.8) is 0 Å². The fourth-order valence-electron chi connectivity index (χ4n) is 0.997. The van der Waals surface area contributed by atoms with E-state index in [4.69, 9.17) is 0 Å². The predicted molar refractivity (Wildman–Crippen MR) is 55.2 cm³/mol. The van der Waals surface area contributed by atoms with Crippen molar-refractivity contribution in [2.24, 2.45) is 0 Å². The first kappa shape index (κ1) is 8.75. The summed E-state index contributed by atoms with van der Waals surface area (Å²) in [6, 6.07) is 6.39. The second kappa shape index (κ2) is 2.95. The number of rotatable bonds is 0. The van der Waals surface area contributed by atoms with Crippen LogP contribution in [0.2, 0.25) is 0 Å². The van der Waals surface area contributed by atoms with Crippen molar-refractivity contribution in [1.82, 2.24) is 0 Å². The molecule has 1 aromatic rings. The average molecular weight is 329 g/mol. The highest BCUT2D eigenvalue weighted by atomic mass is 79.9. The van der Waals surface area contributed by atoms with Crippen LogP contribution in [0.15, 0.2) is 22.7 Å². The number of hydrogen-bond donors (Lipinski definition) is 0. The van der Waals surface area contributed by atoms with Crippen molar-refractivity contribution in [2.75, 3.05) is 0 Å². The topological polar surface area (TPSA) is 0 Å². The molecule has 0 saturated heterocycles. The lowest BCUT2D eigenvalue weighted by molar-refractivity contribution is 1.06. The maximum absolute atomic E-state index is 3.54. The van der Waals surface area contributed by atoms with Crippen LogP contribution in [0.3, 0.4) is 0 Å². The molecule has 2 aliphatic rings. The summed E-state index contributed by atoms with van der Waals surface area (Å²) in [5, 5.41) is 0. The zero-order valence-electron chi connectivity index (χ0n) is 4.97. The normalized spacial score (nSPS) is 19.2. The first-order chi connectivity index (χ1) is 4.29. The van der Waals surface area contributed by atoms with Crippen LogP contribution in [-0.4, -0.2) is 0 Å². The Labute approximate surface area is 87.0 Å². The molecule has 0 amide bonds. The van der Waals surface area contributed by atoms with Gasteiger partial charge in [-0.3, -0.25) is 0 Å². The van der Waals surface area contributed by atoms with Gasteiger partial charge in [0.05, 0.1) is 4.83 Å². The van der Waals surface area contributed by atoms with Crippen molar-refractivity contribution in [3.05, 3.63) is 33.8 Å². The summed E-state index contributed by atoms with van der Waals surface area (Å²) in [5.74, 6) is 0. The van der Waals surface area contributed by atoms with E-state index in [1.165, 1.54) is 15.6 Å². The Morgan fingerprint density at radius 1 is 1.30 bits per heavy atom. The van der Waals surface area contributed by atoms with Gasteiger partial charge in [-0.2, -0.15) is 0 Å². The molecule has 0 N–H and O–H groups in total. The van der Waals surface area contributed by atoms with E-state index in [0.717, 1.165) is 0 Å². The summed E-state index contributed by atoms with van der Waals surface area (Å²) in [7, 11) is 0. The summed E-state index contributed by atoms with van der Waals surface area (Å²) in [6.45, 7) is 0. The highest BCUT2D eigenvalue weighted by Gasteiger charge is 2.22. The Morgan fingerprint density at radius 2 is 2.00 bits per heavy atom. The van der Waals surface area contributed by atoms with Crippen LogP contribution in [0, 0.1) is 0 Å². The fraction of sp³-hybridized carbons (Fsp3) is 0.143. The minimum absolute atomic E-state index is 0. The molecule has 0 saturated carbocycles. The van der Waals surface area contributed by atoms with Crippen LogP contribution in [-0.2, 0) is 0 Å². The van der Waals surface area contributed by atoms with Gasteiger partial charge in [-0.1, -0.05) is 44.0 Å². The molecule has 2 aliphatic carbocycles. The van der Waals surface area contributed by atoms with Gasteiger partial charge < -0.3 is 0 Å². The molecule has 0 nitrogen and oxygen atoms in total. The molecule has 1 aromatic carbocycles. The first-order valence-electron chi connectivity index (χ1n) is 2.72. The third-order valence-corrected chi connectivity index (χ3v) is 3.33. The zero-order chi connectivity index (χ0) is 6.43. The summed E-state index contributed by atoms with van der Waals surface area (Å²) in [6.07, 6.45) is 0. The Kier molecular flexibility index (Phi) is 2.59. The van der Waals surface area contributed by atoms with Crippen LogP contribution < -0.4 is 0 Å². The highest BCUT2D eigenvalue weighted by Crippen LogP contribution is 2.44. The van der Waals surface area contributed by atoms with Gasteiger partial charge in [0.2, 0.25) is 0 Å². The minimum atomic E-state index is 0. The van der Waals surface area contributed by atoms with E-state index in [1.807, 2.05) is 0 Å². The molecule has 0 aromatic heterocycles. The molecular weight excluding hydrogens is 324 g/mol. The quantitative estimate of drug-likeness (QED) is 0.635. The summed E-state index contributed by atoms with van der Waals surface area (Å²) in [4.78, 5) is 0.497. The van der Waals surface area contributed by atoms with E-state index in [1.54, 1.807) is 0 Å². The average Bonchev–Trinajstić information content (AvgIpc) is 1.86. The Hall–Kier alpha value is 0.660. The van der Waals surface area contributed by atoms with Gasteiger partial charge >= 0.3 is 0 Å². The van der Waals surface area contributed by atoms with Crippen LogP contribution in [0.5, 0.6) is 0 Å². The molecular formula is C7H5Br3. The minimum Gasteiger partial charge on any atom is -0.114 e. The zero-order valence-corrected chi connectivity index (χ0v) is 9.86. The van der Waals surface area contributed by atoms with Crippen molar-refractivity contribution >= 4 is 48.8 Å². The van der Waals surface area contributed by atoms with E-state index >= 15 is 0 Å². The largest absolute Gasteiger partial charge is 0.114 e. The van der Waals surface area contributed by atoms with Crippen LogP contribution in [0.25, 0.3) is 0 Å². The maximum Gasteiger partial charge on any atom is 0.0655 e. The molecule has 1 atom stereocenters. The summed E-state index contributed by atoms with van der Waals surface area (Å²) < 4.78 is 1.21. The van der Waals surface area contributed by atoms with Crippen molar-refractivity contribution in [1.29, 1.82) is 0 Å². The van der Waals surface area contributed by atoms with Gasteiger partial charge in [0, 0.05) is 4.47 Å². The number of benzene rings is 1. The van der Waals surface area contributed by atoms with Gasteiger partial charge in [-0.15, -0.1) is 17.0 Å². The molecule has 2 bridgehead atoms. The molecule has 0 spiro atoms. The number of hydrogen-bond acceptors (Lipinski definition) is 0. The van der Waals surface area contributed by atoms with E-state index in [-0.39, 0.29) is 17.0 Å². The number of alkyl halides is 1. The lowest BCUT2D eigenvalue weighted by atomic mass is 9.93. The molecule has 1 unspecified atom stereocenters. The molecule has 3 heteroatoms. The second-order valence-electron chi connectivity index (χ2n) is 2.14. The van der Waals surface area contributed by atoms with Crippen molar-refractivity contribution in [3.8, 4) is 0 Å². The third kappa shape index (κ3) is 1.08. The van der Waals surface area contributed by atoms with Gasteiger partial charge in [0.1, 0.15) is 0 Å². The van der Waals surface area contributed by atoms with Gasteiger partial charge in [-0.25, -0.2) is 0 Å². The Balaban J connectivity index is 0.000000500. The summed E-state index contributed by atoms with van der Waals surface area (Å²) in [5.41, 5.74) is 2.75. The molecule has 0 fully saturated rings. The molecule has 0 heterocycles. The summed E-state index contributed by atoms with van der Waals surface area (Å²) >= 11 is 6.99. The SMILES string of the molecule is Br.Brc1ccc2cc1C2Br. The lowest BCUT2D eigenvalue weighted by Crippen LogP contribution is -2.04. The van der Waals surface area contributed by atoms with E-state index < -0.39 is 0 Å². The van der Waals surface area contributed by atoms with Crippen molar-refractivity contribution < 1.29 is 0 Å². The monoisotopic (exact) mass is 326 g/mol. The first-order valence-corrected chi connectivity index (χ1v) is 4.43. The third-order valence-electron chi connectivity index (χ3n) is 1.59. The van der Waals surface area contributed by atoms with Gasteiger partial charge in [0.25, 0.3) is 0 Å². The molecule has 0 aliphatic heterocycles. The smallest absolute Gasteiger partial charge is 0.0655 e. The van der Waals surface area contributed by atoms with E-state index in [0.29, 0.717) is 4.83 Å². The van der Waals surface area contributed by atoms with Crippen LogP contribution in [0.4, 0.5) is 0 Å². The van der Waals surface area contributed by atoms with Crippen LogP contribution in [0.1, 0.15) is 16.0 Å². The fourth-order valence-corrected chi connectivity index (χ4v) is 2.44. The Bertz CT molecular complexity index is 253. The Morgan fingerprint density at radius 3 is 2.30 bits per heavy atom. The van der Waals surface area contributed by atoms with E-state index in [2.05, 4.69) is 50.1 Å². The van der Waals surface area contributed by atoms with Crippen molar-refractivity contribution in [2.45, 2.75) is 4.83 Å².